The van der Waals surface area contributed by atoms with Crippen LogP contribution >= 0.6 is 12.4 Å². The molecule has 2 aliphatic rings. The van der Waals surface area contributed by atoms with Crippen LogP contribution in [-0.4, -0.2) is 27.5 Å². The maximum absolute atomic E-state index is 12.9. The number of hydrogen-bond acceptors (Lipinski definition) is 3. The van der Waals surface area contributed by atoms with Gasteiger partial charge in [-0.15, -0.1) is 12.4 Å². The van der Waals surface area contributed by atoms with Crippen LogP contribution in [0.2, 0.25) is 0 Å². The molecule has 2 N–H and O–H groups in total. The van der Waals surface area contributed by atoms with Gasteiger partial charge in [0.2, 0.25) is 10.0 Å². The Labute approximate surface area is 126 Å². The van der Waals surface area contributed by atoms with Gasteiger partial charge in [0.05, 0.1) is 10.5 Å². The fourth-order valence-corrected chi connectivity index (χ4v) is 4.34. The lowest BCUT2D eigenvalue weighted by molar-refractivity contribution is -0.139. The summed E-state index contributed by atoms with van der Waals surface area (Å²) in [5.74, 6) is 0.394. The quantitative estimate of drug-likeness (QED) is 0.877. The van der Waals surface area contributed by atoms with Crippen LogP contribution in [0.3, 0.4) is 0 Å². The number of fused-ring (bicyclic) bond motifs is 1. The molecule has 0 amide bonds. The van der Waals surface area contributed by atoms with Gasteiger partial charge in [-0.05, 0) is 37.1 Å². The van der Waals surface area contributed by atoms with Crippen molar-refractivity contribution in [1.29, 1.82) is 0 Å². The highest BCUT2D eigenvalue weighted by Crippen LogP contribution is 2.43. The fourth-order valence-electron chi connectivity index (χ4n) is 2.77. The van der Waals surface area contributed by atoms with E-state index in [4.69, 9.17) is 0 Å². The van der Waals surface area contributed by atoms with Gasteiger partial charge in [-0.25, -0.2) is 13.1 Å². The molecule has 1 saturated carbocycles. The minimum absolute atomic E-state index is 0. The van der Waals surface area contributed by atoms with Gasteiger partial charge in [-0.2, -0.15) is 13.2 Å². The topological polar surface area (TPSA) is 58.2 Å². The molecule has 1 aliphatic heterocycles. The Kier molecular flexibility index (Phi) is 4.27. The number of alkyl halides is 3. The molecule has 3 rings (SSSR count). The third-order valence-corrected chi connectivity index (χ3v) is 5.38. The molecule has 0 aromatic heterocycles. The van der Waals surface area contributed by atoms with Gasteiger partial charge >= 0.3 is 6.18 Å². The number of sulfonamides is 1. The number of halogens is 4. The summed E-state index contributed by atoms with van der Waals surface area (Å²) in [5, 5.41) is 3.10. The van der Waals surface area contributed by atoms with Crippen LogP contribution in [0.25, 0.3) is 0 Å². The molecule has 2 unspecified atom stereocenters. The molecule has 1 aliphatic carbocycles. The SMILES string of the molecule is Cl.O=S(=O)(NC1C2CNCC21)c1ccccc1C(F)(F)F. The summed E-state index contributed by atoms with van der Waals surface area (Å²) in [5.41, 5.74) is -1.13. The van der Waals surface area contributed by atoms with Crippen LogP contribution < -0.4 is 10.0 Å². The van der Waals surface area contributed by atoms with Crippen LogP contribution in [0.1, 0.15) is 5.56 Å². The normalized spacial score (nSPS) is 27.9. The first-order valence-electron chi connectivity index (χ1n) is 6.20. The number of piperidine rings is 1. The average molecular weight is 343 g/mol. The number of benzene rings is 1. The van der Waals surface area contributed by atoms with Crippen LogP contribution in [0, 0.1) is 11.8 Å². The lowest BCUT2D eigenvalue weighted by atomic mass is 10.2. The van der Waals surface area contributed by atoms with E-state index in [0.29, 0.717) is 13.1 Å². The highest BCUT2D eigenvalue weighted by atomic mass is 35.5. The molecule has 118 valence electrons. The molecule has 1 saturated heterocycles. The van der Waals surface area contributed by atoms with Crippen molar-refractivity contribution in [1.82, 2.24) is 10.0 Å². The molecule has 0 bridgehead atoms. The van der Waals surface area contributed by atoms with Crippen molar-refractivity contribution in [2.75, 3.05) is 13.1 Å². The van der Waals surface area contributed by atoms with Gasteiger partial charge in [-0.1, -0.05) is 12.1 Å². The zero-order chi connectivity index (χ0) is 14.5. The van der Waals surface area contributed by atoms with Gasteiger partial charge in [0.15, 0.2) is 0 Å². The first-order chi connectivity index (χ1) is 9.31. The number of rotatable bonds is 3. The Balaban J connectivity index is 0.00000161. The maximum atomic E-state index is 12.9. The number of nitrogens with one attached hydrogen (secondary N) is 2. The van der Waals surface area contributed by atoms with Crippen molar-refractivity contribution in [3.8, 4) is 0 Å². The van der Waals surface area contributed by atoms with E-state index in [1.807, 2.05) is 0 Å². The lowest BCUT2D eigenvalue weighted by Crippen LogP contribution is -2.33. The van der Waals surface area contributed by atoms with Crippen LogP contribution in [0.4, 0.5) is 13.2 Å². The van der Waals surface area contributed by atoms with E-state index in [1.165, 1.54) is 12.1 Å². The molecule has 0 radical (unpaired) electrons. The first kappa shape index (κ1) is 16.5. The van der Waals surface area contributed by atoms with E-state index in [2.05, 4.69) is 10.0 Å². The Morgan fingerprint density at radius 2 is 1.71 bits per heavy atom. The van der Waals surface area contributed by atoms with Gasteiger partial charge in [0, 0.05) is 6.04 Å². The van der Waals surface area contributed by atoms with Crippen molar-refractivity contribution in [3.05, 3.63) is 29.8 Å². The molecule has 1 aromatic rings. The maximum Gasteiger partial charge on any atom is 0.417 e. The second-order valence-electron chi connectivity index (χ2n) is 5.13. The molecular formula is C12H14ClF3N2O2S. The summed E-state index contributed by atoms with van der Waals surface area (Å²) >= 11 is 0. The second-order valence-corrected chi connectivity index (χ2v) is 6.81. The minimum atomic E-state index is -4.69. The van der Waals surface area contributed by atoms with Gasteiger partial charge < -0.3 is 5.32 Å². The molecule has 2 atom stereocenters. The minimum Gasteiger partial charge on any atom is -0.316 e. The summed E-state index contributed by atoms with van der Waals surface area (Å²) in [6, 6.07) is 3.99. The molecule has 4 nitrogen and oxygen atoms in total. The lowest BCUT2D eigenvalue weighted by Gasteiger charge is -2.14. The standard InChI is InChI=1S/C12H13F3N2O2S.ClH/c13-12(14,15)9-3-1-2-4-10(9)20(18,19)17-11-7-5-16-6-8(7)11;/h1-4,7-8,11,16-17H,5-6H2;1H. The third kappa shape index (κ3) is 3.03. The third-order valence-electron chi connectivity index (χ3n) is 3.86. The summed E-state index contributed by atoms with van der Waals surface area (Å²) < 4.78 is 65.3. The second kappa shape index (κ2) is 5.42. The number of hydrogen-bond donors (Lipinski definition) is 2. The van der Waals surface area contributed by atoms with Crippen molar-refractivity contribution >= 4 is 22.4 Å². The van der Waals surface area contributed by atoms with Crippen molar-refractivity contribution < 1.29 is 21.6 Å². The van der Waals surface area contributed by atoms with Gasteiger partial charge in [-0.3, -0.25) is 0 Å². The van der Waals surface area contributed by atoms with Crippen LogP contribution in [0.5, 0.6) is 0 Å². The molecule has 1 heterocycles. The summed E-state index contributed by atoms with van der Waals surface area (Å²) in [4.78, 5) is -0.703. The van der Waals surface area contributed by atoms with E-state index in [0.717, 1.165) is 12.1 Å². The summed E-state index contributed by atoms with van der Waals surface area (Å²) in [6.45, 7) is 1.41. The highest BCUT2D eigenvalue weighted by molar-refractivity contribution is 7.89. The fraction of sp³-hybridized carbons (Fsp3) is 0.500. The van der Waals surface area contributed by atoms with E-state index >= 15 is 0 Å². The Morgan fingerprint density at radius 3 is 2.29 bits per heavy atom. The van der Waals surface area contributed by atoms with E-state index in [1.54, 1.807) is 0 Å². The van der Waals surface area contributed by atoms with Crippen molar-refractivity contribution in [3.63, 3.8) is 0 Å². The monoisotopic (exact) mass is 342 g/mol. The first-order valence-corrected chi connectivity index (χ1v) is 7.68. The largest absolute Gasteiger partial charge is 0.417 e. The van der Waals surface area contributed by atoms with Gasteiger partial charge in [0.25, 0.3) is 0 Å². The Bertz CT molecular complexity index is 626. The van der Waals surface area contributed by atoms with Crippen LogP contribution in [-0.2, 0) is 16.2 Å². The Hall–Kier alpha value is -0.830. The molecule has 9 heteroatoms. The molecule has 0 spiro atoms. The zero-order valence-corrected chi connectivity index (χ0v) is 12.4. The molecule has 2 fully saturated rings. The summed E-state index contributed by atoms with van der Waals surface area (Å²) in [6.07, 6.45) is -4.69. The molecular weight excluding hydrogens is 329 g/mol. The molecule has 1 aromatic carbocycles. The predicted octanol–water partition coefficient (Wildman–Crippen LogP) is 1.62. The average Bonchev–Trinajstić information content (AvgIpc) is 2.82. The molecule has 21 heavy (non-hydrogen) atoms. The van der Waals surface area contributed by atoms with Crippen LogP contribution in [0.15, 0.2) is 29.2 Å². The summed E-state index contributed by atoms with van der Waals surface area (Å²) in [7, 11) is -4.15. The van der Waals surface area contributed by atoms with E-state index < -0.39 is 26.7 Å². The van der Waals surface area contributed by atoms with E-state index in [9.17, 15) is 21.6 Å². The smallest absolute Gasteiger partial charge is 0.316 e. The van der Waals surface area contributed by atoms with Crippen molar-refractivity contribution in [2.24, 2.45) is 11.8 Å². The van der Waals surface area contributed by atoms with E-state index in [-0.39, 0.29) is 30.3 Å². The highest BCUT2D eigenvalue weighted by Gasteiger charge is 2.54. The Morgan fingerprint density at radius 1 is 1.14 bits per heavy atom. The predicted molar refractivity (Wildman–Crippen MR) is 72.7 cm³/mol. The zero-order valence-electron chi connectivity index (χ0n) is 10.7. The van der Waals surface area contributed by atoms with Crippen molar-refractivity contribution in [2.45, 2.75) is 17.1 Å². The van der Waals surface area contributed by atoms with Gasteiger partial charge in [0.1, 0.15) is 0 Å².